The maximum absolute atomic E-state index is 13.1. The van der Waals surface area contributed by atoms with Crippen molar-refractivity contribution in [1.82, 2.24) is 19.1 Å². The Morgan fingerprint density at radius 1 is 1.09 bits per heavy atom. The van der Waals surface area contributed by atoms with Gasteiger partial charge in [-0.25, -0.2) is 14.8 Å². The minimum Gasteiger partial charge on any atom is -0.490 e. The Bertz CT molecular complexity index is 1350. The normalized spacial score (nSPS) is 14.7. The monoisotopic (exact) mass is 458 g/mol. The van der Waals surface area contributed by atoms with Crippen LogP contribution in [0, 0.1) is 0 Å². The number of imidazole rings is 1. The molecule has 5 rings (SSSR count). The maximum atomic E-state index is 13.1. The zero-order valence-corrected chi connectivity index (χ0v) is 19.9. The summed E-state index contributed by atoms with van der Waals surface area (Å²) in [6.07, 6.45) is 3.77. The van der Waals surface area contributed by atoms with Gasteiger partial charge in [0.15, 0.2) is 11.5 Å². The third kappa shape index (κ3) is 4.35. The molecule has 2 aromatic carbocycles. The van der Waals surface area contributed by atoms with Crippen molar-refractivity contribution in [3.63, 3.8) is 0 Å². The molecule has 0 N–H and O–H groups in total. The Morgan fingerprint density at radius 2 is 1.82 bits per heavy atom. The second-order valence-corrected chi connectivity index (χ2v) is 9.15. The fourth-order valence-corrected chi connectivity index (χ4v) is 4.50. The minimum absolute atomic E-state index is 0.110. The third-order valence-electron chi connectivity index (χ3n) is 6.44. The van der Waals surface area contributed by atoms with Gasteiger partial charge in [-0.2, -0.15) is 0 Å². The second kappa shape index (κ2) is 9.43. The Balaban J connectivity index is 1.46. The molecular weight excluding hydrogens is 428 g/mol. The van der Waals surface area contributed by atoms with E-state index in [-0.39, 0.29) is 11.8 Å². The molecular formula is C27H30N4O3. The highest BCUT2D eigenvalue weighted by atomic mass is 16.5. The molecule has 7 heteroatoms. The van der Waals surface area contributed by atoms with Crippen molar-refractivity contribution < 1.29 is 9.47 Å². The smallest absolute Gasteiger partial charge is 0.330 e. The predicted octanol–water partition coefficient (Wildman–Crippen LogP) is 4.53. The van der Waals surface area contributed by atoms with Gasteiger partial charge in [0.05, 0.1) is 26.0 Å². The predicted molar refractivity (Wildman–Crippen MR) is 132 cm³/mol. The van der Waals surface area contributed by atoms with Gasteiger partial charge >= 0.3 is 5.69 Å². The first kappa shape index (κ1) is 22.3. The van der Waals surface area contributed by atoms with Crippen LogP contribution >= 0.6 is 0 Å². The zero-order chi connectivity index (χ0) is 23.7. The number of ether oxygens (including phenoxy) is 2. The molecule has 34 heavy (non-hydrogen) atoms. The summed E-state index contributed by atoms with van der Waals surface area (Å²) in [5.74, 6) is 1.82. The van der Waals surface area contributed by atoms with Gasteiger partial charge in [0.25, 0.3) is 0 Å². The van der Waals surface area contributed by atoms with E-state index in [0.29, 0.717) is 23.9 Å². The van der Waals surface area contributed by atoms with Crippen LogP contribution in [0.2, 0.25) is 0 Å². The van der Waals surface area contributed by atoms with Crippen LogP contribution in [0.25, 0.3) is 22.6 Å². The average Bonchev–Trinajstić information content (AvgIpc) is 3.10. The summed E-state index contributed by atoms with van der Waals surface area (Å²) in [6, 6.07) is 16.1. The van der Waals surface area contributed by atoms with Gasteiger partial charge in [0, 0.05) is 25.5 Å². The number of fused-ring (bicyclic) bond motifs is 1. The first-order chi connectivity index (χ1) is 16.5. The highest BCUT2D eigenvalue weighted by Gasteiger charge is 2.18. The molecule has 0 amide bonds. The van der Waals surface area contributed by atoms with Crippen LogP contribution in [0.3, 0.4) is 0 Å². The summed E-state index contributed by atoms with van der Waals surface area (Å²) in [5, 5.41) is 0. The number of hydrogen-bond acceptors (Lipinski definition) is 5. The molecule has 0 saturated carbocycles. The number of rotatable bonds is 6. The standard InChI is InChI=1S/C27H30N4O3/c1-18(2)22-6-4-5-7-23(22)25-28-16-24-26(29-25)31(27(32)30(24)3)17-19-8-10-20(11-9-19)34-21-12-14-33-15-13-21/h4-11,16,18,21H,12-15,17H2,1-3H3. The van der Waals surface area contributed by atoms with E-state index in [1.807, 2.05) is 42.5 Å². The molecule has 4 aromatic rings. The van der Waals surface area contributed by atoms with E-state index in [1.165, 1.54) is 5.56 Å². The van der Waals surface area contributed by atoms with Gasteiger partial charge in [0.2, 0.25) is 0 Å². The molecule has 2 aromatic heterocycles. The van der Waals surface area contributed by atoms with E-state index in [1.54, 1.807) is 22.4 Å². The summed E-state index contributed by atoms with van der Waals surface area (Å²) in [6.45, 7) is 6.24. The van der Waals surface area contributed by atoms with Crippen molar-refractivity contribution in [1.29, 1.82) is 0 Å². The van der Waals surface area contributed by atoms with E-state index in [2.05, 4.69) is 24.9 Å². The molecule has 0 aliphatic carbocycles. The topological polar surface area (TPSA) is 71.2 Å². The molecule has 1 aliphatic heterocycles. The largest absolute Gasteiger partial charge is 0.490 e. The Morgan fingerprint density at radius 3 is 2.56 bits per heavy atom. The Hall–Kier alpha value is -3.45. The van der Waals surface area contributed by atoms with Gasteiger partial charge in [-0.3, -0.25) is 9.13 Å². The molecule has 1 fully saturated rings. The number of aromatic nitrogens is 4. The van der Waals surface area contributed by atoms with Crippen LogP contribution in [0.15, 0.2) is 59.5 Å². The third-order valence-corrected chi connectivity index (χ3v) is 6.44. The van der Waals surface area contributed by atoms with Crippen molar-refractivity contribution in [2.24, 2.45) is 7.05 Å². The van der Waals surface area contributed by atoms with Crippen LogP contribution in [-0.2, 0) is 18.3 Å². The molecule has 7 nitrogen and oxygen atoms in total. The van der Waals surface area contributed by atoms with Crippen LogP contribution in [0.1, 0.15) is 43.7 Å². The summed E-state index contributed by atoms with van der Waals surface area (Å²) in [4.78, 5) is 22.5. The Kier molecular flexibility index (Phi) is 6.20. The number of benzene rings is 2. The van der Waals surface area contributed by atoms with Gasteiger partial charge in [-0.05, 0) is 29.2 Å². The lowest BCUT2D eigenvalue weighted by Gasteiger charge is -2.23. The van der Waals surface area contributed by atoms with E-state index >= 15 is 0 Å². The quantitative estimate of drug-likeness (QED) is 0.425. The number of nitrogens with zero attached hydrogens (tertiary/aromatic N) is 4. The number of hydrogen-bond donors (Lipinski definition) is 0. The molecule has 1 saturated heterocycles. The van der Waals surface area contributed by atoms with Gasteiger partial charge < -0.3 is 9.47 Å². The zero-order valence-electron chi connectivity index (χ0n) is 19.9. The van der Waals surface area contributed by atoms with Crippen LogP contribution < -0.4 is 10.4 Å². The van der Waals surface area contributed by atoms with Gasteiger partial charge in [0.1, 0.15) is 17.4 Å². The Labute approximate surface area is 199 Å². The fraction of sp³-hybridized carbons (Fsp3) is 0.370. The van der Waals surface area contributed by atoms with Gasteiger partial charge in [-0.1, -0.05) is 50.2 Å². The molecule has 1 aliphatic rings. The molecule has 0 unspecified atom stereocenters. The lowest BCUT2D eigenvalue weighted by atomic mass is 9.97. The second-order valence-electron chi connectivity index (χ2n) is 9.15. The highest BCUT2D eigenvalue weighted by Crippen LogP contribution is 2.27. The van der Waals surface area contributed by atoms with Crippen molar-refractivity contribution in [3.05, 3.63) is 76.3 Å². The van der Waals surface area contributed by atoms with E-state index in [0.717, 1.165) is 48.4 Å². The molecule has 0 spiro atoms. The fourth-order valence-electron chi connectivity index (χ4n) is 4.50. The highest BCUT2D eigenvalue weighted by molar-refractivity contribution is 5.74. The number of aryl methyl sites for hydroxylation is 1. The molecule has 0 atom stereocenters. The minimum atomic E-state index is -0.110. The van der Waals surface area contributed by atoms with Crippen molar-refractivity contribution >= 4 is 11.2 Å². The van der Waals surface area contributed by atoms with Crippen LogP contribution in [0.5, 0.6) is 5.75 Å². The lowest BCUT2D eigenvalue weighted by molar-refractivity contribution is 0.0255. The summed E-state index contributed by atoms with van der Waals surface area (Å²) < 4.78 is 14.8. The molecule has 176 valence electrons. The van der Waals surface area contributed by atoms with Crippen molar-refractivity contribution in [2.75, 3.05) is 13.2 Å². The summed E-state index contributed by atoms with van der Waals surface area (Å²) in [7, 11) is 1.76. The first-order valence-electron chi connectivity index (χ1n) is 11.9. The SMILES string of the molecule is CC(C)c1ccccc1-c1ncc2c(n1)n(Cc1ccc(OC3CCOCC3)cc1)c(=O)n2C. The average molecular weight is 459 g/mol. The lowest BCUT2D eigenvalue weighted by Crippen LogP contribution is -2.25. The van der Waals surface area contributed by atoms with Gasteiger partial charge in [-0.15, -0.1) is 0 Å². The van der Waals surface area contributed by atoms with E-state index in [9.17, 15) is 4.79 Å². The van der Waals surface area contributed by atoms with E-state index in [4.69, 9.17) is 14.5 Å². The summed E-state index contributed by atoms with van der Waals surface area (Å²) in [5.41, 5.74) is 4.44. The molecule has 0 bridgehead atoms. The maximum Gasteiger partial charge on any atom is 0.330 e. The van der Waals surface area contributed by atoms with Crippen molar-refractivity contribution in [2.45, 2.75) is 45.3 Å². The first-order valence-corrected chi connectivity index (χ1v) is 11.9. The summed E-state index contributed by atoms with van der Waals surface area (Å²) >= 11 is 0. The van der Waals surface area contributed by atoms with Crippen molar-refractivity contribution in [3.8, 4) is 17.1 Å². The molecule has 0 radical (unpaired) electrons. The van der Waals surface area contributed by atoms with Crippen LogP contribution in [0.4, 0.5) is 0 Å². The molecule has 3 heterocycles. The van der Waals surface area contributed by atoms with E-state index < -0.39 is 0 Å². The van der Waals surface area contributed by atoms with Crippen LogP contribution in [-0.4, -0.2) is 38.4 Å².